The summed E-state index contributed by atoms with van der Waals surface area (Å²) in [6, 6.07) is 0.825. The number of hydrogen-bond acceptors (Lipinski definition) is 1. The van der Waals surface area contributed by atoms with E-state index in [1.54, 1.807) is 0 Å². The van der Waals surface area contributed by atoms with E-state index in [1.807, 2.05) is 0 Å². The lowest BCUT2D eigenvalue weighted by molar-refractivity contribution is -0.0877. The predicted molar refractivity (Wildman–Crippen MR) is 68.3 cm³/mol. The van der Waals surface area contributed by atoms with Gasteiger partial charge in [-0.15, -0.1) is 0 Å². The lowest BCUT2D eigenvalue weighted by atomic mass is 9.48. The molecular formula is C15H27N. The van der Waals surface area contributed by atoms with Crippen molar-refractivity contribution in [1.29, 1.82) is 0 Å². The van der Waals surface area contributed by atoms with Gasteiger partial charge in [0.1, 0.15) is 0 Å². The number of rotatable bonds is 3. The fourth-order valence-electron chi connectivity index (χ4n) is 4.52. The number of fused-ring (bicyclic) bond motifs is 1. The number of nitrogens with one attached hydrogen (secondary N) is 1. The van der Waals surface area contributed by atoms with Crippen LogP contribution < -0.4 is 5.32 Å². The fourth-order valence-corrected chi connectivity index (χ4v) is 4.52. The van der Waals surface area contributed by atoms with Crippen molar-refractivity contribution in [2.75, 3.05) is 6.54 Å². The highest BCUT2D eigenvalue weighted by molar-refractivity contribution is 5.09. The predicted octanol–water partition coefficient (Wildman–Crippen LogP) is 3.45. The zero-order valence-electron chi connectivity index (χ0n) is 11.1. The highest BCUT2D eigenvalue weighted by Gasteiger charge is 2.56. The Morgan fingerprint density at radius 2 is 1.88 bits per heavy atom. The van der Waals surface area contributed by atoms with Gasteiger partial charge in [-0.1, -0.05) is 33.6 Å². The molecule has 0 aromatic rings. The van der Waals surface area contributed by atoms with Crippen LogP contribution in [0.5, 0.6) is 0 Å². The van der Waals surface area contributed by atoms with Crippen LogP contribution in [0.15, 0.2) is 0 Å². The molecule has 3 rings (SSSR count). The average Bonchev–Trinajstić information content (AvgIpc) is 2.95. The van der Waals surface area contributed by atoms with E-state index >= 15 is 0 Å². The maximum Gasteiger partial charge on any atom is 0.0152 e. The molecule has 0 aromatic carbocycles. The van der Waals surface area contributed by atoms with Gasteiger partial charge in [0.25, 0.3) is 0 Å². The molecule has 0 aromatic heterocycles. The van der Waals surface area contributed by atoms with E-state index in [0.29, 0.717) is 5.41 Å². The molecular weight excluding hydrogens is 194 g/mol. The quantitative estimate of drug-likeness (QED) is 0.769. The maximum atomic E-state index is 3.90. The molecule has 3 fully saturated rings. The van der Waals surface area contributed by atoms with Crippen molar-refractivity contribution in [3.05, 3.63) is 0 Å². The van der Waals surface area contributed by atoms with Gasteiger partial charge >= 0.3 is 0 Å². The summed E-state index contributed by atoms with van der Waals surface area (Å²) in [5.41, 5.74) is 0.573. The van der Waals surface area contributed by atoms with Gasteiger partial charge in [0.05, 0.1) is 0 Å². The SMILES string of the molecule is CC1CC1CNC1[C@@H]2CCCC[C@@H]2C1(C)C. The lowest BCUT2D eigenvalue weighted by Crippen LogP contribution is -2.65. The summed E-state index contributed by atoms with van der Waals surface area (Å²) in [5, 5.41) is 3.90. The standard InChI is InChI=1S/C15H27N/c1-10-8-11(10)9-16-14-12-6-4-5-7-13(12)15(14,2)3/h10-14,16H,4-9H2,1-3H3/t10?,11?,12-,13+,14?/m1/s1. The summed E-state index contributed by atoms with van der Waals surface area (Å²) in [4.78, 5) is 0. The van der Waals surface area contributed by atoms with Crippen LogP contribution in [0.2, 0.25) is 0 Å². The Morgan fingerprint density at radius 3 is 2.56 bits per heavy atom. The van der Waals surface area contributed by atoms with Crippen LogP contribution in [0.4, 0.5) is 0 Å². The molecule has 92 valence electrons. The molecule has 0 bridgehead atoms. The molecule has 0 amide bonds. The van der Waals surface area contributed by atoms with E-state index < -0.39 is 0 Å². The summed E-state index contributed by atoms with van der Waals surface area (Å²) in [5.74, 6) is 4.03. The Labute approximate surface area is 100 Å². The van der Waals surface area contributed by atoms with Crippen molar-refractivity contribution >= 4 is 0 Å². The summed E-state index contributed by atoms with van der Waals surface area (Å²) >= 11 is 0. The third-order valence-electron chi connectivity index (χ3n) is 5.88. The molecule has 0 aliphatic heterocycles. The van der Waals surface area contributed by atoms with Crippen molar-refractivity contribution in [3.63, 3.8) is 0 Å². The van der Waals surface area contributed by atoms with Gasteiger partial charge in [-0.05, 0) is 54.9 Å². The first-order valence-electron chi connectivity index (χ1n) is 7.34. The minimum Gasteiger partial charge on any atom is -0.313 e. The zero-order chi connectivity index (χ0) is 11.3. The van der Waals surface area contributed by atoms with E-state index in [-0.39, 0.29) is 0 Å². The summed E-state index contributed by atoms with van der Waals surface area (Å²) in [6.45, 7) is 8.67. The van der Waals surface area contributed by atoms with Gasteiger partial charge in [0.15, 0.2) is 0 Å². The first-order valence-corrected chi connectivity index (χ1v) is 7.34. The van der Waals surface area contributed by atoms with Crippen LogP contribution in [0.25, 0.3) is 0 Å². The van der Waals surface area contributed by atoms with Crippen LogP contribution in [-0.4, -0.2) is 12.6 Å². The first-order chi connectivity index (χ1) is 7.60. The molecule has 5 atom stereocenters. The molecule has 0 saturated heterocycles. The fraction of sp³-hybridized carbons (Fsp3) is 1.00. The molecule has 1 N–H and O–H groups in total. The minimum absolute atomic E-state index is 0.573. The van der Waals surface area contributed by atoms with Crippen molar-refractivity contribution in [2.24, 2.45) is 29.1 Å². The molecule has 16 heavy (non-hydrogen) atoms. The van der Waals surface area contributed by atoms with Gasteiger partial charge in [0.2, 0.25) is 0 Å². The molecule has 1 heteroatoms. The molecule has 0 heterocycles. The normalized spacial score (nSPS) is 49.3. The van der Waals surface area contributed by atoms with Crippen LogP contribution >= 0.6 is 0 Å². The van der Waals surface area contributed by atoms with Crippen molar-refractivity contribution in [1.82, 2.24) is 5.32 Å². The second kappa shape index (κ2) is 3.73. The molecule has 3 aliphatic rings. The summed E-state index contributed by atoms with van der Waals surface area (Å²) in [7, 11) is 0. The zero-order valence-corrected chi connectivity index (χ0v) is 11.1. The van der Waals surface area contributed by atoms with Crippen LogP contribution in [-0.2, 0) is 0 Å². The summed E-state index contributed by atoms with van der Waals surface area (Å²) in [6.07, 6.45) is 7.42. The molecule has 3 unspecified atom stereocenters. The van der Waals surface area contributed by atoms with Gasteiger partial charge in [-0.3, -0.25) is 0 Å². The molecule has 1 nitrogen and oxygen atoms in total. The number of hydrogen-bond donors (Lipinski definition) is 1. The largest absolute Gasteiger partial charge is 0.313 e. The molecule has 0 spiro atoms. The van der Waals surface area contributed by atoms with E-state index in [9.17, 15) is 0 Å². The monoisotopic (exact) mass is 221 g/mol. The Morgan fingerprint density at radius 1 is 1.19 bits per heavy atom. The van der Waals surface area contributed by atoms with E-state index in [0.717, 1.165) is 29.7 Å². The van der Waals surface area contributed by atoms with E-state index in [4.69, 9.17) is 0 Å². The van der Waals surface area contributed by atoms with Crippen molar-refractivity contribution in [3.8, 4) is 0 Å². The van der Waals surface area contributed by atoms with E-state index in [1.165, 1.54) is 38.6 Å². The average molecular weight is 221 g/mol. The Bertz CT molecular complexity index is 271. The third-order valence-corrected chi connectivity index (χ3v) is 5.88. The topological polar surface area (TPSA) is 12.0 Å². The third kappa shape index (κ3) is 1.63. The minimum atomic E-state index is 0.573. The second-order valence-corrected chi connectivity index (χ2v) is 7.24. The Hall–Kier alpha value is -0.0400. The molecule has 3 aliphatic carbocycles. The Kier molecular flexibility index (Phi) is 2.58. The molecule has 0 radical (unpaired) electrons. The molecule has 3 saturated carbocycles. The van der Waals surface area contributed by atoms with Gasteiger partial charge in [-0.2, -0.15) is 0 Å². The van der Waals surface area contributed by atoms with Gasteiger partial charge < -0.3 is 5.32 Å². The smallest absolute Gasteiger partial charge is 0.0152 e. The van der Waals surface area contributed by atoms with Gasteiger partial charge in [0, 0.05) is 6.04 Å². The van der Waals surface area contributed by atoms with Crippen LogP contribution in [0.3, 0.4) is 0 Å². The van der Waals surface area contributed by atoms with Crippen molar-refractivity contribution in [2.45, 2.75) is 58.9 Å². The summed E-state index contributed by atoms with van der Waals surface area (Å²) < 4.78 is 0. The maximum absolute atomic E-state index is 3.90. The Balaban J connectivity index is 1.57. The first kappa shape index (κ1) is 11.1. The highest BCUT2D eigenvalue weighted by Crippen LogP contribution is 2.57. The van der Waals surface area contributed by atoms with Crippen molar-refractivity contribution < 1.29 is 0 Å². The van der Waals surface area contributed by atoms with Gasteiger partial charge in [-0.25, -0.2) is 0 Å². The lowest BCUT2D eigenvalue weighted by Gasteiger charge is -2.61. The highest BCUT2D eigenvalue weighted by atomic mass is 15.0. The second-order valence-electron chi connectivity index (χ2n) is 7.24. The van der Waals surface area contributed by atoms with Crippen LogP contribution in [0.1, 0.15) is 52.9 Å². The van der Waals surface area contributed by atoms with Crippen LogP contribution in [0, 0.1) is 29.1 Å². The van der Waals surface area contributed by atoms with E-state index in [2.05, 4.69) is 26.1 Å².